The molecule has 1 saturated carbocycles. The first-order chi connectivity index (χ1) is 5.55. The zero-order valence-corrected chi connectivity index (χ0v) is 8.77. The molecule has 2 unspecified atom stereocenters. The van der Waals surface area contributed by atoms with Crippen LogP contribution in [0.15, 0.2) is 0 Å². The van der Waals surface area contributed by atoms with Crippen molar-refractivity contribution < 1.29 is 0 Å². The Bertz CT molecular complexity index is 134. The highest BCUT2D eigenvalue weighted by Gasteiger charge is 2.33. The van der Waals surface area contributed by atoms with Gasteiger partial charge in [0, 0.05) is 5.54 Å². The second-order valence-electron chi connectivity index (χ2n) is 4.88. The van der Waals surface area contributed by atoms with Crippen LogP contribution in [0, 0.1) is 11.8 Å². The van der Waals surface area contributed by atoms with Crippen LogP contribution in [0.1, 0.15) is 52.9 Å². The molecule has 1 rings (SSSR count). The van der Waals surface area contributed by atoms with E-state index in [4.69, 9.17) is 5.73 Å². The number of hydrogen-bond donors (Lipinski definition) is 1. The highest BCUT2D eigenvalue weighted by atomic mass is 14.7. The van der Waals surface area contributed by atoms with E-state index in [-0.39, 0.29) is 5.54 Å². The molecule has 1 aliphatic carbocycles. The molecule has 0 aliphatic heterocycles. The maximum atomic E-state index is 6.18. The molecule has 1 nitrogen and oxygen atoms in total. The van der Waals surface area contributed by atoms with Crippen LogP contribution < -0.4 is 5.73 Å². The first-order valence-corrected chi connectivity index (χ1v) is 5.34. The Hall–Kier alpha value is -0.0400. The van der Waals surface area contributed by atoms with Gasteiger partial charge in [-0.2, -0.15) is 0 Å². The molecule has 0 saturated heterocycles. The van der Waals surface area contributed by atoms with Crippen molar-refractivity contribution in [3.8, 4) is 0 Å². The van der Waals surface area contributed by atoms with Gasteiger partial charge in [0.15, 0.2) is 0 Å². The summed E-state index contributed by atoms with van der Waals surface area (Å²) in [5.74, 6) is 1.65. The summed E-state index contributed by atoms with van der Waals surface area (Å²) in [6.07, 6.45) is 6.88. The monoisotopic (exact) mass is 169 g/mol. The Morgan fingerprint density at radius 1 is 1.25 bits per heavy atom. The molecular formula is C11H23N. The largest absolute Gasteiger partial charge is 0.325 e. The van der Waals surface area contributed by atoms with Crippen molar-refractivity contribution in [2.24, 2.45) is 17.6 Å². The van der Waals surface area contributed by atoms with E-state index in [1.54, 1.807) is 0 Å². The van der Waals surface area contributed by atoms with Gasteiger partial charge in [-0.25, -0.2) is 0 Å². The highest BCUT2D eigenvalue weighted by molar-refractivity contribution is 4.88. The van der Waals surface area contributed by atoms with Gasteiger partial charge in [-0.05, 0) is 32.1 Å². The average Bonchev–Trinajstić information content (AvgIpc) is 2.03. The number of hydrogen-bond acceptors (Lipinski definition) is 1. The summed E-state index contributed by atoms with van der Waals surface area (Å²) in [5, 5.41) is 0. The van der Waals surface area contributed by atoms with Crippen molar-refractivity contribution in [1.82, 2.24) is 0 Å². The van der Waals surface area contributed by atoms with Gasteiger partial charge in [0.25, 0.3) is 0 Å². The molecule has 0 heterocycles. The van der Waals surface area contributed by atoms with Crippen LogP contribution in [-0.2, 0) is 0 Å². The van der Waals surface area contributed by atoms with Crippen LogP contribution in [0.2, 0.25) is 0 Å². The van der Waals surface area contributed by atoms with E-state index < -0.39 is 0 Å². The quantitative estimate of drug-likeness (QED) is 0.675. The normalized spacial score (nSPS) is 32.0. The van der Waals surface area contributed by atoms with Crippen LogP contribution in [0.5, 0.6) is 0 Å². The highest BCUT2D eigenvalue weighted by Crippen LogP contribution is 2.37. The average molecular weight is 169 g/mol. The van der Waals surface area contributed by atoms with Gasteiger partial charge in [0.1, 0.15) is 0 Å². The number of rotatable bonds is 2. The van der Waals surface area contributed by atoms with Gasteiger partial charge in [-0.1, -0.05) is 32.6 Å². The van der Waals surface area contributed by atoms with Gasteiger partial charge in [0.05, 0.1) is 0 Å². The molecule has 0 amide bonds. The molecule has 0 radical (unpaired) electrons. The lowest BCUT2D eigenvalue weighted by atomic mass is 9.69. The van der Waals surface area contributed by atoms with E-state index in [0.717, 1.165) is 11.8 Å². The Labute approximate surface area is 76.7 Å². The van der Waals surface area contributed by atoms with Gasteiger partial charge >= 0.3 is 0 Å². The van der Waals surface area contributed by atoms with E-state index in [2.05, 4.69) is 20.8 Å². The zero-order valence-electron chi connectivity index (χ0n) is 8.77. The van der Waals surface area contributed by atoms with Crippen LogP contribution >= 0.6 is 0 Å². The van der Waals surface area contributed by atoms with Gasteiger partial charge in [-0.3, -0.25) is 0 Å². The summed E-state index contributed by atoms with van der Waals surface area (Å²) < 4.78 is 0. The summed E-state index contributed by atoms with van der Waals surface area (Å²) in [5.41, 5.74) is 6.22. The third-order valence-electron chi connectivity index (χ3n) is 3.39. The Kier molecular flexibility index (Phi) is 3.16. The van der Waals surface area contributed by atoms with Crippen molar-refractivity contribution in [2.45, 2.75) is 58.4 Å². The SMILES string of the molecule is CCC1CCCCC1C(C)(C)N. The minimum atomic E-state index is 0.0428. The second-order valence-corrected chi connectivity index (χ2v) is 4.88. The van der Waals surface area contributed by atoms with E-state index >= 15 is 0 Å². The summed E-state index contributed by atoms with van der Waals surface area (Å²) >= 11 is 0. The second kappa shape index (κ2) is 3.78. The first kappa shape index (κ1) is 10.0. The minimum absolute atomic E-state index is 0.0428. The van der Waals surface area contributed by atoms with E-state index in [1.165, 1.54) is 32.1 Å². The molecule has 72 valence electrons. The lowest BCUT2D eigenvalue weighted by Crippen LogP contribution is -2.45. The van der Waals surface area contributed by atoms with E-state index in [0.29, 0.717) is 0 Å². The van der Waals surface area contributed by atoms with Gasteiger partial charge < -0.3 is 5.73 Å². The lowest BCUT2D eigenvalue weighted by molar-refractivity contribution is 0.150. The Morgan fingerprint density at radius 2 is 1.83 bits per heavy atom. The van der Waals surface area contributed by atoms with Crippen molar-refractivity contribution in [3.63, 3.8) is 0 Å². The zero-order chi connectivity index (χ0) is 9.19. The summed E-state index contributed by atoms with van der Waals surface area (Å²) in [4.78, 5) is 0. The molecular weight excluding hydrogens is 146 g/mol. The fourth-order valence-electron chi connectivity index (χ4n) is 2.68. The van der Waals surface area contributed by atoms with Crippen LogP contribution in [0.25, 0.3) is 0 Å². The smallest absolute Gasteiger partial charge is 0.0128 e. The molecule has 1 fully saturated rings. The number of nitrogens with two attached hydrogens (primary N) is 1. The van der Waals surface area contributed by atoms with E-state index in [9.17, 15) is 0 Å². The molecule has 0 aromatic carbocycles. The maximum Gasteiger partial charge on any atom is 0.0128 e. The molecule has 0 aromatic heterocycles. The molecule has 2 N–H and O–H groups in total. The Balaban J connectivity index is 2.59. The van der Waals surface area contributed by atoms with Crippen molar-refractivity contribution in [3.05, 3.63) is 0 Å². The fraction of sp³-hybridized carbons (Fsp3) is 1.00. The van der Waals surface area contributed by atoms with Crippen LogP contribution in [0.3, 0.4) is 0 Å². The predicted molar refractivity (Wildman–Crippen MR) is 54.0 cm³/mol. The minimum Gasteiger partial charge on any atom is -0.325 e. The molecule has 1 aliphatic rings. The molecule has 1 heteroatoms. The standard InChI is InChI=1S/C11H23N/c1-4-9-7-5-6-8-10(9)11(2,3)12/h9-10H,4-8,12H2,1-3H3. The van der Waals surface area contributed by atoms with Crippen molar-refractivity contribution in [2.75, 3.05) is 0 Å². The molecule has 0 spiro atoms. The van der Waals surface area contributed by atoms with Crippen LogP contribution in [-0.4, -0.2) is 5.54 Å². The third-order valence-corrected chi connectivity index (χ3v) is 3.39. The van der Waals surface area contributed by atoms with Gasteiger partial charge in [0.2, 0.25) is 0 Å². The third kappa shape index (κ3) is 2.22. The summed E-state index contributed by atoms with van der Waals surface area (Å²) in [6, 6.07) is 0. The van der Waals surface area contributed by atoms with Crippen LogP contribution in [0.4, 0.5) is 0 Å². The van der Waals surface area contributed by atoms with E-state index in [1.807, 2.05) is 0 Å². The predicted octanol–water partition coefficient (Wildman–Crippen LogP) is 2.94. The molecule has 0 aromatic rings. The molecule has 0 bridgehead atoms. The summed E-state index contributed by atoms with van der Waals surface area (Å²) in [6.45, 7) is 6.67. The molecule has 2 atom stereocenters. The summed E-state index contributed by atoms with van der Waals surface area (Å²) in [7, 11) is 0. The van der Waals surface area contributed by atoms with Crippen molar-refractivity contribution in [1.29, 1.82) is 0 Å². The first-order valence-electron chi connectivity index (χ1n) is 5.34. The Morgan fingerprint density at radius 3 is 2.25 bits per heavy atom. The van der Waals surface area contributed by atoms with Gasteiger partial charge in [-0.15, -0.1) is 0 Å². The maximum absolute atomic E-state index is 6.18. The topological polar surface area (TPSA) is 26.0 Å². The fourth-order valence-corrected chi connectivity index (χ4v) is 2.68. The molecule has 12 heavy (non-hydrogen) atoms. The lowest BCUT2D eigenvalue weighted by Gasteiger charge is -2.40. The van der Waals surface area contributed by atoms with Crippen molar-refractivity contribution >= 4 is 0 Å².